The number of carbonyl (C=O) groups is 3. The minimum atomic E-state index is -4.72. The average Bonchev–Trinajstić information content (AvgIpc) is 3.57. The lowest BCUT2D eigenvalue weighted by atomic mass is 9.70. The minimum absolute atomic E-state index is 0.0110. The van der Waals surface area contributed by atoms with E-state index in [1.165, 1.54) is 29.3 Å². The van der Waals surface area contributed by atoms with Crippen molar-refractivity contribution in [3.8, 4) is 0 Å². The van der Waals surface area contributed by atoms with Crippen LogP contribution in [-0.4, -0.2) is 81.4 Å². The number of alkyl halides is 3. The third kappa shape index (κ3) is 6.05. The molecule has 2 aromatic carbocycles. The molecule has 0 aliphatic carbocycles. The van der Waals surface area contributed by atoms with E-state index < -0.39 is 28.9 Å². The summed E-state index contributed by atoms with van der Waals surface area (Å²) in [7, 11) is 0. The van der Waals surface area contributed by atoms with Crippen molar-refractivity contribution in [2.75, 3.05) is 32.8 Å². The molecule has 0 unspecified atom stereocenters. The van der Waals surface area contributed by atoms with Gasteiger partial charge in [-0.05, 0) is 43.2 Å². The van der Waals surface area contributed by atoms with Gasteiger partial charge in [-0.15, -0.1) is 0 Å². The highest BCUT2D eigenvalue weighted by Crippen LogP contribution is 2.48. The zero-order chi connectivity index (χ0) is 31.9. The molecule has 2 amide bonds. The number of hydrogen-bond donors (Lipinski definition) is 1. The molecule has 13 heteroatoms. The summed E-state index contributed by atoms with van der Waals surface area (Å²) in [6.07, 6.45) is -1.72. The molecule has 1 spiro atoms. The van der Waals surface area contributed by atoms with Crippen LogP contribution >= 0.6 is 0 Å². The molecule has 3 aromatic rings. The third-order valence-electron chi connectivity index (χ3n) is 8.60. The Labute approximate surface area is 251 Å². The van der Waals surface area contributed by atoms with Gasteiger partial charge in [-0.25, -0.2) is 9.18 Å². The molecule has 44 heavy (non-hydrogen) atoms. The molecule has 2 aliphatic rings. The number of aromatic carboxylic acids is 1. The number of halogens is 4. The van der Waals surface area contributed by atoms with Gasteiger partial charge < -0.3 is 19.6 Å². The second-order valence-corrected chi connectivity index (χ2v) is 12.1. The smallest absolute Gasteiger partial charge is 0.402 e. The van der Waals surface area contributed by atoms with Crippen LogP contribution in [0.1, 0.15) is 45.7 Å². The van der Waals surface area contributed by atoms with E-state index in [1.807, 2.05) is 0 Å². The topological polar surface area (TPSA) is 105 Å². The fourth-order valence-corrected chi connectivity index (χ4v) is 5.84. The maximum atomic E-state index is 13.6. The van der Waals surface area contributed by atoms with Crippen LogP contribution in [0.15, 0.2) is 60.9 Å². The van der Waals surface area contributed by atoms with Gasteiger partial charge in [0.05, 0.1) is 37.1 Å². The normalized spacial score (nSPS) is 18.0. The standard InChI is InChI=1S/C31H32F4N4O5/c1-29(2,31(33,34)35)28(43)38-18-30(19-38)17-37(14-23(30)16-44-15-21-5-3-4-6-25(21)27(41)42)26(40)22-11-36-39(13-22)12-20-7-9-24(32)10-8-20/h3-11,13,23H,12,14-19H2,1-2H3,(H,41,42)/t23-/m0/s1. The van der Waals surface area contributed by atoms with Gasteiger partial charge in [0, 0.05) is 43.7 Å². The number of carboxylic acid groups (broad SMARTS) is 1. The monoisotopic (exact) mass is 616 g/mol. The van der Waals surface area contributed by atoms with Crippen LogP contribution < -0.4 is 0 Å². The Hall–Kier alpha value is -4.26. The van der Waals surface area contributed by atoms with Gasteiger partial charge in [0.15, 0.2) is 0 Å². The highest BCUT2D eigenvalue weighted by atomic mass is 19.4. The first kappa shape index (κ1) is 31.2. The van der Waals surface area contributed by atoms with Gasteiger partial charge in [-0.1, -0.05) is 30.3 Å². The Morgan fingerprint density at radius 2 is 1.68 bits per heavy atom. The van der Waals surface area contributed by atoms with Gasteiger partial charge in [0.25, 0.3) is 5.91 Å². The lowest BCUT2D eigenvalue weighted by molar-refractivity contribution is -0.223. The molecule has 2 saturated heterocycles. The van der Waals surface area contributed by atoms with Crippen molar-refractivity contribution < 1.29 is 41.8 Å². The number of carbonyl (C=O) groups excluding carboxylic acids is 2. The predicted molar refractivity (Wildman–Crippen MR) is 149 cm³/mol. The van der Waals surface area contributed by atoms with Crippen molar-refractivity contribution in [3.63, 3.8) is 0 Å². The zero-order valence-electron chi connectivity index (χ0n) is 24.2. The maximum absolute atomic E-state index is 13.6. The fourth-order valence-electron chi connectivity index (χ4n) is 5.84. The first-order chi connectivity index (χ1) is 20.7. The van der Waals surface area contributed by atoms with Crippen molar-refractivity contribution in [2.24, 2.45) is 16.7 Å². The second kappa shape index (κ2) is 11.7. The van der Waals surface area contributed by atoms with Crippen molar-refractivity contribution in [1.82, 2.24) is 19.6 Å². The van der Waals surface area contributed by atoms with Crippen LogP contribution in [-0.2, 0) is 22.7 Å². The summed E-state index contributed by atoms with van der Waals surface area (Å²) >= 11 is 0. The predicted octanol–water partition coefficient (Wildman–Crippen LogP) is 4.47. The number of nitrogens with zero attached hydrogens (tertiary/aromatic N) is 4. The van der Waals surface area contributed by atoms with E-state index in [0.717, 1.165) is 19.4 Å². The maximum Gasteiger partial charge on any atom is 0.402 e. The van der Waals surface area contributed by atoms with E-state index in [2.05, 4.69) is 5.10 Å². The van der Waals surface area contributed by atoms with Crippen LogP contribution in [0.3, 0.4) is 0 Å². The van der Waals surface area contributed by atoms with E-state index in [0.29, 0.717) is 17.7 Å². The molecule has 2 fully saturated rings. The lowest BCUT2D eigenvalue weighted by Crippen LogP contribution is -2.66. The van der Waals surface area contributed by atoms with Crippen LogP contribution in [0.4, 0.5) is 17.6 Å². The first-order valence-corrected chi connectivity index (χ1v) is 14.0. The highest BCUT2D eigenvalue weighted by Gasteiger charge is 2.61. The number of likely N-dealkylation sites (tertiary alicyclic amines) is 2. The van der Waals surface area contributed by atoms with E-state index in [1.54, 1.807) is 46.1 Å². The largest absolute Gasteiger partial charge is 0.478 e. The summed E-state index contributed by atoms with van der Waals surface area (Å²) in [6, 6.07) is 12.3. The molecule has 2 aliphatic heterocycles. The van der Waals surface area contributed by atoms with Crippen molar-refractivity contribution in [1.29, 1.82) is 0 Å². The molecule has 1 atom stereocenters. The lowest BCUT2D eigenvalue weighted by Gasteiger charge is -2.52. The number of aromatic nitrogens is 2. The van der Waals surface area contributed by atoms with Gasteiger partial charge >= 0.3 is 12.1 Å². The van der Waals surface area contributed by atoms with Gasteiger partial charge in [0.2, 0.25) is 5.91 Å². The second-order valence-electron chi connectivity index (χ2n) is 12.1. The number of rotatable bonds is 9. The molecule has 5 rings (SSSR count). The molecule has 234 valence electrons. The number of amides is 2. The average molecular weight is 617 g/mol. The zero-order valence-corrected chi connectivity index (χ0v) is 24.2. The van der Waals surface area contributed by atoms with Crippen LogP contribution in [0.5, 0.6) is 0 Å². The minimum Gasteiger partial charge on any atom is -0.478 e. The summed E-state index contributed by atoms with van der Waals surface area (Å²) in [5, 5.41) is 13.7. The Morgan fingerprint density at radius 3 is 2.34 bits per heavy atom. The molecule has 0 saturated carbocycles. The number of carboxylic acids is 1. The molecule has 1 N–H and O–H groups in total. The molecule has 9 nitrogen and oxygen atoms in total. The SMILES string of the molecule is CC(C)(C(=O)N1CC2(CN(C(=O)c3cnn(Cc4ccc(F)cc4)c3)C[C@H]2COCc2ccccc2C(=O)O)C1)C(F)(F)F. The quantitative estimate of drug-likeness (QED) is 0.356. The van der Waals surface area contributed by atoms with E-state index in [9.17, 15) is 37.1 Å². The Balaban J connectivity index is 1.30. The number of benzene rings is 2. The van der Waals surface area contributed by atoms with Crippen molar-refractivity contribution in [3.05, 3.63) is 89.0 Å². The van der Waals surface area contributed by atoms with Crippen LogP contribution in [0.2, 0.25) is 0 Å². The van der Waals surface area contributed by atoms with Gasteiger partial charge in [0.1, 0.15) is 11.2 Å². The number of hydrogen-bond acceptors (Lipinski definition) is 5. The summed E-state index contributed by atoms with van der Waals surface area (Å²) in [5.74, 6) is -3.14. The molecule has 3 heterocycles. The molecule has 0 radical (unpaired) electrons. The number of ether oxygens (including phenoxy) is 1. The van der Waals surface area contributed by atoms with Crippen molar-refractivity contribution >= 4 is 17.8 Å². The van der Waals surface area contributed by atoms with Gasteiger partial charge in [-0.2, -0.15) is 18.3 Å². The van der Waals surface area contributed by atoms with Crippen molar-refractivity contribution in [2.45, 2.75) is 33.2 Å². The third-order valence-corrected chi connectivity index (χ3v) is 8.60. The van der Waals surface area contributed by atoms with Gasteiger partial charge in [-0.3, -0.25) is 14.3 Å². The Kier molecular flexibility index (Phi) is 8.27. The van der Waals surface area contributed by atoms with E-state index in [-0.39, 0.29) is 62.6 Å². The van der Waals surface area contributed by atoms with Crippen LogP contribution in [0, 0.1) is 22.6 Å². The summed E-state index contributed by atoms with van der Waals surface area (Å²) in [4.78, 5) is 40.7. The molecule has 0 bridgehead atoms. The summed E-state index contributed by atoms with van der Waals surface area (Å²) < 4.78 is 61.5. The van der Waals surface area contributed by atoms with E-state index in [4.69, 9.17) is 4.74 Å². The fraction of sp³-hybridized carbons (Fsp3) is 0.419. The van der Waals surface area contributed by atoms with Crippen LogP contribution in [0.25, 0.3) is 0 Å². The Bertz CT molecular complexity index is 1550. The Morgan fingerprint density at radius 1 is 1.02 bits per heavy atom. The molecular weight excluding hydrogens is 584 g/mol. The molecule has 1 aromatic heterocycles. The highest BCUT2D eigenvalue weighted by molar-refractivity contribution is 5.94. The summed E-state index contributed by atoms with van der Waals surface area (Å²) in [5.41, 5.74) is -1.60. The van der Waals surface area contributed by atoms with E-state index >= 15 is 0 Å². The summed E-state index contributed by atoms with van der Waals surface area (Å²) in [6.45, 7) is 2.60. The first-order valence-electron chi connectivity index (χ1n) is 14.0. The molecular formula is C31H32F4N4O5.